The molecule has 1 aromatic carbocycles. The highest BCUT2D eigenvalue weighted by molar-refractivity contribution is 6.29. The largest absolute Gasteiger partial charge is 0.497 e. The molecule has 5 nitrogen and oxygen atoms in total. The van der Waals surface area contributed by atoms with Crippen LogP contribution in [0.15, 0.2) is 36.4 Å². The van der Waals surface area contributed by atoms with Crippen LogP contribution in [-0.2, 0) is 6.54 Å². The van der Waals surface area contributed by atoms with E-state index in [1.165, 1.54) is 12.1 Å². The molecule has 6 heteroatoms. The minimum atomic E-state index is -1.03. The van der Waals surface area contributed by atoms with Crippen LogP contribution in [0.3, 0.4) is 0 Å². The van der Waals surface area contributed by atoms with E-state index in [2.05, 4.69) is 4.98 Å². The maximum atomic E-state index is 11.0. The summed E-state index contributed by atoms with van der Waals surface area (Å²) in [7, 11) is 3.44. The van der Waals surface area contributed by atoms with E-state index < -0.39 is 5.97 Å². The predicted octanol–water partition coefficient (Wildman–Crippen LogP) is 3.08. The van der Waals surface area contributed by atoms with Crippen molar-refractivity contribution in [2.75, 3.05) is 19.1 Å². The molecule has 0 saturated heterocycles. The van der Waals surface area contributed by atoms with Gasteiger partial charge in [-0.25, -0.2) is 9.78 Å². The van der Waals surface area contributed by atoms with Gasteiger partial charge in [-0.1, -0.05) is 23.7 Å². The molecule has 1 heterocycles. The fourth-order valence-electron chi connectivity index (χ4n) is 1.89. The summed E-state index contributed by atoms with van der Waals surface area (Å²) in [6.45, 7) is 0.580. The van der Waals surface area contributed by atoms with Gasteiger partial charge >= 0.3 is 5.97 Å². The van der Waals surface area contributed by atoms with E-state index in [9.17, 15) is 4.79 Å². The highest BCUT2D eigenvalue weighted by Crippen LogP contribution is 2.20. The van der Waals surface area contributed by atoms with E-state index in [1.807, 2.05) is 36.2 Å². The highest BCUT2D eigenvalue weighted by atomic mass is 35.5. The van der Waals surface area contributed by atoms with E-state index in [0.29, 0.717) is 12.4 Å². The fourth-order valence-corrected chi connectivity index (χ4v) is 2.09. The van der Waals surface area contributed by atoms with Crippen LogP contribution in [0.2, 0.25) is 5.15 Å². The van der Waals surface area contributed by atoms with Gasteiger partial charge in [0.05, 0.1) is 12.7 Å². The number of methoxy groups -OCH3 is 1. The third-order valence-corrected chi connectivity index (χ3v) is 3.19. The summed E-state index contributed by atoms with van der Waals surface area (Å²) < 4.78 is 5.11. The quantitative estimate of drug-likeness (QED) is 0.860. The number of anilines is 1. The van der Waals surface area contributed by atoms with Crippen molar-refractivity contribution in [2.45, 2.75) is 6.54 Å². The lowest BCUT2D eigenvalue weighted by Crippen LogP contribution is -2.18. The number of pyridine rings is 1. The van der Waals surface area contributed by atoms with Gasteiger partial charge in [-0.3, -0.25) is 0 Å². The molecule has 110 valence electrons. The Morgan fingerprint density at radius 2 is 2.00 bits per heavy atom. The van der Waals surface area contributed by atoms with E-state index in [4.69, 9.17) is 21.4 Å². The highest BCUT2D eigenvalue weighted by Gasteiger charge is 2.11. The Balaban J connectivity index is 2.19. The number of hydrogen-bond donors (Lipinski definition) is 1. The van der Waals surface area contributed by atoms with Gasteiger partial charge in [0.15, 0.2) is 0 Å². The molecule has 0 radical (unpaired) electrons. The van der Waals surface area contributed by atoms with Crippen molar-refractivity contribution in [2.24, 2.45) is 0 Å². The summed E-state index contributed by atoms with van der Waals surface area (Å²) >= 11 is 5.86. The summed E-state index contributed by atoms with van der Waals surface area (Å²) in [5.41, 5.74) is 1.17. The standard InChI is InChI=1S/C15H15ClN2O3/c1-18(9-10-3-5-12(21-2)6-4-10)14-8-11(15(19)20)7-13(16)17-14/h3-8H,9H2,1-2H3,(H,19,20). The second kappa shape index (κ2) is 6.45. The molecule has 0 bridgehead atoms. The number of halogens is 1. The van der Waals surface area contributed by atoms with Gasteiger partial charge in [0.1, 0.15) is 16.7 Å². The zero-order valence-corrected chi connectivity index (χ0v) is 12.5. The first kappa shape index (κ1) is 15.1. The second-order valence-corrected chi connectivity index (χ2v) is 4.93. The number of aromatic nitrogens is 1. The predicted molar refractivity (Wildman–Crippen MR) is 81.3 cm³/mol. The molecule has 0 aliphatic rings. The summed E-state index contributed by atoms with van der Waals surface area (Å²) in [4.78, 5) is 17.0. The van der Waals surface area contributed by atoms with Gasteiger partial charge in [0, 0.05) is 13.6 Å². The topological polar surface area (TPSA) is 62.7 Å². The summed E-state index contributed by atoms with van der Waals surface area (Å²) in [6, 6.07) is 10.5. The lowest BCUT2D eigenvalue weighted by atomic mass is 10.2. The molecule has 0 unspecified atom stereocenters. The smallest absolute Gasteiger partial charge is 0.335 e. The van der Waals surface area contributed by atoms with Crippen molar-refractivity contribution >= 4 is 23.4 Å². The molecule has 2 aromatic rings. The number of rotatable bonds is 5. The van der Waals surface area contributed by atoms with Crippen molar-refractivity contribution in [3.63, 3.8) is 0 Å². The molecule has 0 aliphatic carbocycles. The molecule has 0 fully saturated rings. The fraction of sp³-hybridized carbons (Fsp3) is 0.200. The Morgan fingerprint density at radius 3 is 2.57 bits per heavy atom. The van der Waals surface area contributed by atoms with Crippen molar-refractivity contribution in [3.8, 4) is 5.75 Å². The van der Waals surface area contributed by atoms with Gasteiger partial charge < -0.3 is 14.7 Å². The summed E-state index contributed by atoms with van der Waals surface area (Å²) in [5, 5.41) is 9.20. The zero-order valence-electron chi connectivity index (χ0n) is 11.7. The van der Waals surface area contributed by atoms with Crippen molar-refractivity contribution in [1.82, 2.24) is 4.98 Å². The molecule has 0 aliphatic heterocycles. The molecule has 21 heavy (non-hydrogen) atoms. The maximum Gasteiger partial charge on any atom is 0.335 e. The Kier molecular flexibility index (Phi) is 4.65. The number of benzene rings is 1. The van der Waals surface area contributed by atoms with Crippen LogP contribution in [-0.4, -0.2) is 30.2 Å². The third kappa shape index (κ3) is 3.86. The summed E-state index contributed by atoms with van der Waals surface area (Å²) in [6.07, 6.45) is 0. The Bertz CT molecular complexity index is 644. The van der Waals surface area contributed by atoms with Crippen LogP contribution in [0, 0.1) is 0 Å². The summed E-state index contributed by atoms with van der Waals surface area (Å²) in [5.74, 6) is 0.268. The Labute approximate surface area is 127 Å². The molecule has 0 atom stereocenters. The zero-order chi connectivity index (χ0) is 15.4. The molecular weight excluding hydrogens is 292 g/mol. The third-order valence-electron chi connectivity index (χ3n) is 3.00. The first-order valence-corrected chi connectivity index (χ1v) is 6.62. The number of ether oxygens (including phenoxy) is 1. The van der Waals surface area contributed by atoms with Gasteiger partial charge in [-0.05, 0) is 29.8 Å². The van der Waals surface area contributed by atoms with E-state index >= 15 is 0 Å². The number of aromatic carboxylic acids is 1. The van der Waals surface area contributed by atoms with Gasteiger partial charge in [-0.15, -0.1) is 0 Å². The van der Waals surface area contributed by atoms with E-state index in [1.54, 1.807) is 7.11 Å². The minimum Gasteiger partial charge on any atom is -0.497 e. The van der Waals surface area contributed by atoms with E-state index in [0.717, 1.165) is 11.3 Å². The van der Waals surface area contributed by atoms with Crippen molar-refractivity contribution < 1.29 is 14.6 Å². The number of hydrogen-bond acceptors (Lipinski definition) is 4. The average Bonchev–Trinajstić information content (AvgIpc) is 2.47. The van der Waals surface area contributed by atoms with Gasteiger partial charge in [0.25, 0.3) is 0 Å². The second-order valence-electron chi connectivity index (χ2n) is 4.55. The van der Waals surface area contributed by atoms with Crippen molar-refractivity contribution in [1.29, 1.82) is 0 Å². The monoisotopic (exact) mass is 306 g/mol. The molecule has 0 saturated carbocycles. The van der Waals surface area contributed by atoms with Crippen LogP contribution in [0.25, 0.3) is 0 Å². The SMILES string of the molecule is COc1ccc(CN(C)c2cc(C(=O)O)cc(Cl)n2)cc1. The Hall–Kier alpha value is -2.27. The van der Waals surface area contributed by atoms with Crippen LogP contribution in [0.5, 0.6) is 5.75 Å². The molecule has 0 amide bonds. The maximum absolute atomic E-state index is 11.0. The first-order chi connectivity index (χ1) is 9.99. The van der Waals surface area contributed by atoms with Gasteiger partial charge in [0.2, 0.25) is 0 Å². The first-order valence-electron chi connectivity index (χ1n) is 6.24. The Morgan fingerprint density at radius 1 is 1.33 bits per heavy atom. The number of nitrogens with zero attached hydrogens (tertiary/aromatic N) is 2. The lowest BCUT2D eigenvalue weighted by molar-refractivity contribution is 0.0697. The number of carbonyl (C=O) groups is 1. The number of carboxylic acids is 1. The molecule has 0 spiro atoms. The average molecular weight is 307 g/mol. The number of carboxylic acid groups (broad SMARTS) is 1. The molecular formula is C15H15ClN2O3. The van der Waals surface area contributed by atoms with Gasteiger partial charge in [-0.2, -0.15) is 0 Å². The molecule has 1 N–H and O–H groups in total. The lowest BCUT2D eigenvalue weighted by Gasteiger charge is -2.19. The van der Waals surface area contributed by atoms with Crippen LogP contribution in [0.1, 0.15) is 15.9 Å². The van der Waals surface area contributed by atoms with Crippen molar-refractivity contribution in [3.05, 3.63) is 52.7 Å². The molecule has 2 rings (SSSR count). The molecule has 1 aromatic heterocycles. The van der Waals surface area contributed by atoms with E-state index in [-0.39, 0.29) is 10.7 Å². The van der Waals surface area contributed by atoms with Crippen LogP contribution >= 0.6 is 11.6 Å². The normalized spacial score (nSPS) is 10.2. The van der Waals surface area contributed by atoms with Crippen LogP contribution < -0.4 is 9.64 Å². The minimum absolute atomic E-state index is 0.117. The van der Waals surface area contributed by atoms with Crippen LogP contribution in [0.4, 0.5) is 5.82 Å².